The number of aliphatic carboxylic acids is 1. The van der Waals surface area contributed by atoms with Crippen molar-refractivity contribution in [3.63, 3.8) is 0 Å². The predicted octanol–water partition coefficient (Wildman–Crippen LogP) is 3.87. The Morgan fingerprint density at radius 3 is 2.43 bits per heavy atom. The zero-order chi connectivity index (χ0) is 14.9. The smallest absolute Gasteiger partial charge is 0.314 e. The van der Waals surface area contributed by atoms with Crippen LogP contribution >= 0.6 is 0 Å². The lowest BCUT2D eigenvalue weighted by molar-refractivity contribution is -0.140. The van der Waals surface area contributed by atoms with Crippen LogP contribution in [0.1, 0.15) is 25.3 Å². The molecule has 3 nitrogen and oxygen atoms in total. The molecule has 2 aromatic carbocycles. The first kappa shape index (κ1) is 13.7. The van der Waals surface area contributed by atoms with Gasteiger partial charge in [-0.25, -0.2) is 0 Å². The average molecular weight is 282 g/mol. The fourth-order valence-electron chi connectivity index (χ4n) is 2.68. The minimum atomic E-state index is -0.720. The second-order valence-electron chi connectivity index (χ2n) is 5.43. The molecule has 1 fully saturated rings. The molecule has 108 valence electrons. The van der Waals surface area contributed by atoms with Crippen LogP contribution in [0.3, 0.4) is 0 Å². The zero-order valence-electron chi connectivity index (χ0n) is 12.0. The van der Waals surface area contributed by atoms with Crippen LogP contribution in [0.25, 0.3) is 11.1 Å². The fraction of sp³-hybridized carbons (Fsp3) is 0.278. The Morgan fingerprint density at radius 1 is 1.14 bits per heavy atom. The number of carbonyl (C=O) groups is 1. The van der Waals surface area contributed by atoms with E-state index in [0.717, 1.165) is 35.3 Å². The molecule has 1 N–H and O–H groups in total. The summed E-state index contributed by atoms with van der Waals surface area (Å²) in [7, 11) is 0. The SMILES string of the molecule is CCOc1cccc(-c2cccc(C3(C(=O)O)CC3)c2)c1. The number of rotatable bonds is 5. The molecule has 0 heterocycles. The van der Waals surface area contributed by atoms with E-state index in [2.05, 4.69) is 0 Å². The first-order chi connectivity index (χ1) is 10.2. The summed E-state index contributed by atoms with van der Waals surface area (Å²) < 4.78 is 5.52. The van der Waals surface area contributed by atoms with Crippen LogP contribution in [-0.4, -0.2) is 17.7 Å². The highest BCUT2D eigenvalue weighted by Crippen LogP contribution is 2.49. The summed E-state index contributed by atoms with van der Waals surface area (Å²) in [4.78, 5) is 11.5. The van der Waals surface area contributed by atoms with Crippen molar-refractivity contribution in [1.82, 2.24) is 0 Å². The molecule has 0 bridgehead atoms. The molecule has 0 radical (unpaired) electrons. The molecule has 1 aliphatic carbocycles. The van der Waals surface area contributed by atoms with Gasteiger partial charge in [0, 0.05) is 0 Å². The van der Waals surface area contributed by atoms with Gasteiger partial charge in [0.05, 0.1) is 12.0 Å². The molecule has 0 aliphatic heterocycles. The van der Waals surface area contributed by atoms with Gasteiger partial charge in [-0.05, 0) is 48.6 Å². The summed E-state index contributed by atoms with van der Waals surface area (Å²) in [5, 5.41) is 9.41. The Balaban J connectivity index is 1.97. The van der Waals surface area contributed by atoms with Crippen LogP contribution in [0.4, 0.5) is 0 Å². The van der Waals surface area contributed by atoms with Gasteiger partial charge < -0.3 is 9.84 Å². The van der Waals surface area contributed by atoms with Crippen molar-refractivity contribution in [2.45, 2.75) is 25.2 Å². The summed E-state index contributed by atoms with van der Waals surface area (Å²) >= 11 is 0. The van der Waals surface area contributed by atoms with Gasteiger partial charge in [0.25, 0.3) is 0 Å². The third-order valence-corrected chi connectivity index (χ3v) is 4.05. The molecule has 3 rings (SSSR count). The molecule has 3 heteroatoms. The highest BCUT2D eigenvalue weighted by Gasteiger charge is 2.51. The van der Waals surface area contributed by atoms with Crippen molar-refractivity contribution >= 4 is 5.97 Å². The normalized spacial score (nSPS) is 15.5. The lowest BCUT2D eigenvalue weighted by Crippen LogP contribution is -2.19. The van der Waals surface area contributed by atoms with Gasteiger partial charge >= 0.3 is 5.97 Å². The van der Waals surface area contributed by atoms with Crippen LogP contribution in [0.5, 0.6) is 5.75 Å². The summed E-state index contributed by atoms with van der Waals surface area (Å²) in [5.41, 5.74) is 2.31. The Bertz CT molecular complexity index is 672. The zero-order valence-corrected chi connectivity index (χ0v) is 12.0. The summed E-state index contributed by atoms with van der Waals surface area (Å²) in [6.45, 7) is 2.59. The lowest BCUT2D eigenvalue weighted by atomic mass is 9.92. The topological polar surface area (TPSA) is 46.5 Å². The van der Waals surface area contributed by atoms with E-state index in [0.29, 0.717) is 6.61 Å². The molecule has 0 unspecified atom stereocenters. The van der Waals surface area contributed by atoms with Gasteiger partial charge in [0.2, 0.25) is 0 Å². The van der Waals surface area contributed by atoms with Gasteiger partial charge in [-0.2, -0.15) is 0 Å². The van der Waals surface area contributed by atoms with Crippen LogP contribution in [0.2, 0.25) is 0 Å². The predicted molar refractivity (Wildman–Crippen MR) is 81.6 cm³/mol. The number of hydrogen-bond donors (Lipinski definition) is 1. The largest absolute Gasteiger partial charge is 0.494 e. The standard InChI is InChI=1S/C18H18O3/c1-2-21-16-8-4-6-14(12-16)13-5-3-7-15(11-13)18(9-10-18)17(19)20/h3-8,11-12H,2,9-10H2,1H3,(H,19,20). The molecular formula is C18H18O3. The maximum atomic E-state index is 11.5. The molecule has 2 aromatic rings. The van der Waals surface area contributed by atoms with Crippen molar-refractivity contribution in [1.29, 1.82) is 0 Å². The number of carboxylic acid groups (broad SMARTS) is 1. The summed E-state index contributed by atoms with van der Waals surface area (Å²) in [6, 6.07) is 15.7. The van der Waals surface area contributed by atoms with E-state index in [1.165, 1.54) is 0 Å². The van der Waals surface area contributed by atoms with E-state index in [9.17, 15) is 9.90 Å². The third kappa shape index (κ3) is 2.51. The van der Waals surface area contributed by atoms with Gasteiger partial charge in [0.15, 0.2) is 0 Å². The molecule has 1 aliphatic rings. The maximum Gasteiger partial charge on any atom is 0.314 e. The van der Waals surface area contributed by atoms with E-state index in [1.807, 2.05) is 55.5 Å². The molecule has 0 atom stereocenters. The van der Waals surface area contributed by atoms with E-state index >= 15 is 0 Å². The second kappa shape index (κ2) is 5.24. The second-order valence-corrected chi connectivity index (χ2v) is 5.43. The van der Waals surface area contributed by atoms with Gasteiger partial charge in [0.1, 0.15) is 5.75 Å². The van der Waals surface area contributed by atoms with Crippen molar-refractivity contribution < 1.29 is 14.6 Å². The lowest BCUT2D eigenvalue weighted by Gasteiger charge is -2.12. The summed E-state index contributed by atoms with van der Waals surface area (Å²) in [5.74, 6) is 0.113. The van der Waals surface area contributed by atoms with E-state index in [1.54, 1.807) is 0 Å². The first-order valence-corrected chi connectivity index (χ1v) is 7.23. The van der Waals surface area contributed by atoms with Gasteiger partial charge in [-0.15, -0.1) is 0 Å². The number of hydrogen-bond acceptors (Lipinski definition) is 2. The Hall–Kier alpha value is -2.29. The van der Waals surface area contributed by atoms with Crippen molar-refractivity contribution in [3.05, 3.63) is 54.1 Å². The molecule has 0 amide bonds. The molecule has 0 aromatic heterocycles. The van der Waals surface area contributed by atoms with Crippen molar-refractivity contribution in [2.24, 2.45) is 0 Å². The van der Waals surface area contributed by atoms with Gasteiger partial charge in [-0.3, -0.25) is 4.79 Å². The number of ether oxygens (including phenoxy) is 1. The van der Waals surface area contributed by atoms with Gasteiger partial charge in [-0.1, -0.05) is 36.4 Å². The van der Waals surface area contributed by atoms with Crippen LogP contribution in [-0.2, 0) is 10.2 Å². The van der Waals surface area contributed by atoms with Crippen molar-refractivity contribution in [2.75, 3.05) is 6.61 Å². The minimum absolute atomic E-state index is 0.631. The van der Waals surface area contributed by atoms with Crippen LogP contribution in [0, 0.1) is 0 Å². The van der Waals surface area contributed by atoms with E-state index in [4.69, 9.17) is 4.74 Å². The molecule has 0 spiro atoms. The van der Waals surface area contributed by atoms with Crippen molar-refractivity contribution in [3.8, 4) is 16.9 Å². The van der Waals surface area contributed by atoms with Crippen LogP contribution in [0.15, 0.2) is 48.5 Å². The highest BCUT2D eigenvalue weighted by molar-refractivity contribution is 5.85. The average Bonchev–Trinajstić information content (AvgIpc) is 3.30. The number of benzene rings is 2. The Labute approximate surface area is 124 Å². The summed E-state index contributed by atoms with van der Waals surface area (Å²) in [6.07, 6.45) is 1.45. The maximum absolute atomic E-state index is 11.5. The quantitative estimate of drug-likeness (QED) is 0.905. The first-order valence-electron chi connectivity index (χ1n) is 7.23. The molecular weight excluding hydrogens is 264 g/mol. The highest BCUT2D eigenvalue weighted by atomic mass is 16.5. The number of carboxylic acids is 1. The van der Waals surface area contributed by atoms with E-state index < -0.39 is 11.4 Å². The minimum Gasteiger partial charge on any atom is -0.494 e. The van der Waals surface area contributed by atoms with Crippen LogP contribution < -0.4 is 4.74 Å². The fourth-order valence-corrected chi connectivity index (χ4v) is 2.68. The molecule has 1 saturated carbocycles. The Kier molecular flexibility index (Phi) is 3.42. The Morgan fingerprint density at radius 2 is 1.81 bits per heavy atom. The third-order valence-electron chi connectivity index (χ3n) is 4.05. The monoisotopic (exact) mass is 282 g/mol. The molecule has 21 heavy (non-hydrogen) atoms. The van der Waals surface area contributed by atoms with E-state index in [-0.39, 0.29) is 0 Å². The molecule has 0 saturated heterocycles.